The molecule has 144 valence electrons. The van der Waals surface area contributed by atoms with Crippen LogP contribution in [0.2, 0.25) is 0 Å². The highest BCUT2D eigenvalue weighted by molar-refractivity contribution is 5.46. The minimum atomic E-state index is 0.342. The Labute approximate surface area is 164 Å². The summed E-state index contributed by atoms with van der Waals surface area (Å²) in [6.07, 6.45) is 6.73. The second-order valence-electron chi connectivity index (χ2n) is 8.78. The van der Waals surface area contributed by atoms with Crippen LogP contribution in [0.4, 0.5) is 5.69 Å². The van der Waals surface area contributed by atoms with E-state index in [1.54, 1.807) is 7.11 Å². The number of aryl methyl sites for hydroxylation is 1. The Kier molecular flexibility index (Phi) is 5.03. The molecule has 1 aliphatic carbocycles. The van der Waals surface area contributed by atoms with Gasteiger partial charge in [-0.3, -0.25) is 4.48 Å². The zero-order valence-electron chi connectivity index (χ0n) is 17.2. The van der Waals surface area contributed by atoms with Crippen LogP contribution in [0.5, 0.6) is 5.75 Å². The molecule has 0 N–H and O–H groups in total. The molecule has 1 saturated carbocycles. The minimum Gasteiger partial charge on any atom is -0.497 e. The Bertz CT molecular complexity index is 783. The predicted octanol–water partition coefficient (Wildman–Crippen LogP) is 5.86. The van der Waals surface area contributed by atoms with Gasteiger partial charge in [-0.2, -0.15) is 0 Å². The van der Waals surface area contributed by atoms with E-state index in [1.165, 1.54) is 68.6 Å². The van der Waals surface area contributed by atoms with Gasteiger partial charge in [-0.05, 0) is 56.5 Å². The van der Waals surface area contributed by atoms with Crippen LogP contribution >= 0.6 is 0 Å². The summed E-state index contributed by atoms with van der Waals surface area (Å²) >= 11 is 0. The fourth-order valence-electron chi connectivity index (χ4n) is 5.86. The lowest BCUT2D eigenvalue weighted by Crippen LogP contribution is -2.62. The van der Waals surface area contributed by atoms with E-state index < -0.39 is 0 Å². The Balaban J connectivity index is 1.70. The highest BCUT2D eigenvalue weighted by Crippen LogP contribution is 2.51. The third kappa shape index (κ3) is 3.18. The summed E-state index contributed by atoms with van der Waals surface area (Å²) in [5, 5.41) is 0. The van der Waals surface area contributed by atoms with Gasteiger partial charge in [0.05, 0.1) is 26.7 Å². The fourth-order valence-corrected chi connectivity index (χ4v) is 5.86. The first-order valence-corrected chi connectivity index (χ1v) is 10.7. The molecule has 0 bridgehead atoms. The number of ether oxygens (including phenoxy) is 1. The largest absolute Gasteiger partial charge is 0.497 e. The Morgan fingerprint density at radius 1 is 1.07 bits per heavy atom. The molecule has 27 heavy (non-hydrogen) atoms. The van der Waals surface area contributed by atoms with E-state index >= 15 is 0 Å². The van der Waals surface area contributed by atoms with Crippen molar-refractivity contribution in [3.63, 3.8) is 0 Å². The minimum absolute atomic E-state index is 0.342. The number of nitrogens with zero attached hydrogens (tertiary/aromatic N) is 1. The number of methoxy groups -OCH3 is 1. The van der Waals surface area contributed by atoms with Crippen molar-refractivity contribution in [2.24, 2.45) is 5.92 Å². The van der Waals surface area contributed by atoms with Gasteiger partial charge >= 0.3 is 0 Å². The molecule has 2 fully saturated rings. The summed E-state index contributed by atoms with van der Waals surface area (Å²) in [5.41, 5.74) is 4.72. The summed E-state index contributed by atoms with van der Waals surface area (Å²) in [4.78, 5) is 0. The van der Waals surface area contributed by atoms with Crippen molar-refractivity contribution < 1.29 is 4.74 Å². The smallest absolute Gasteiger partial charge is 0.132 e. The molecule has 0 aromatic heterocycles. The van der Waals surface area contributed by atoms with Crippen molar-refractivity contribution in [1.82, 2.24) is 4.48 Å². The number of benzene rings is 2. The SMILES string of the molecule is CC[N@+]1(c2ccc(C)cc2)CC[C@@]2(c3cccc(OC)c3)CCCCC2C1. The third-order valence-corrected chi connectivity index (χ3v) is 7.59. The molecular weight excluding hydrogens is 330 g/mol. The van der Waals surface area contributed by atoms with E-state index in [2.05, 4.69) is 62.4 Å². The summed E-state index contributed by atoms with van der Waals surface area (Å²) in [5.74, 6) is 1.76. The van der Waals surface area contributed by atoms with Gasteiger partial charge in [0.1, 0.15) is 11.4 Å². The number of hydrogen-bond donors (Lipinski definition) is 0. The number of fused-ring (bicyclic) bond motifs is 1. The van der Waals surface area contributed by atoms with Crippen LogP contribution in [0.3, 0.4) is 0 Å². The van der Waals surface area contributed by atoms with E-state index in [-0.39, 0.29) is 0 Å². The highest BCUT2D eigenvalue weighted by atomic mass is 16.5. The predicted molar refractivity (Wildman–Crippen MR) is 114 cm³/mol. The van der Waals surface area contributed by atoms with Crippen molar-refractivity contribution in [2.45, 2.75) is 51.4 Å². The zero-order valence-corrected chi connectivity index (χ0v) is 17.2. The van der Waals surface area contributed by atoms with Crippen LogP contribution in [0.25, 0.3) is 0 Å². The van der Waals surface area contributed by atoms with E-state index in [9.17, 15) is 0 Å². The maximum Gasteiger partial charge on any atom is 0.132 e. The molecule has 2 aliphatic rings. The van der Waals surface area contributed by atoms with Gasteiger partial charge in [0.2, 0.25) is 0 Å². The molecule has 4 rings (SSSR count). The average Bonchev–Trinajstić information content (AvgIpc) is 2.73. The summed E-state index contributed by atoms with van der Waals surface area (Å²) in [6.45, 7) is 8.27. The average molecular weight is 365 g/mol. The van der Waals surface area contributed by atoms with Crippen molar-refractivity contribution in [3.05, 3.63) is 59.7 Å². The maximum absolute atomic E-state index is 5.56. The Morgan fingerprint density at radius 2 is 1.89 bits per heavy atom. The quantitative estimate of drug-likeness (QED) is 0.617. The standard InChI is InChI=1S/C25H34NO/c1-4-26(23-13-11-20(2)12-14-23)17-16-25(15-6-5-8-22(25)19-26)21-9-7-10-24(18-21)27-3/h7,9-14,18,22H,4-6,8,15-17,19H2,1-3H3/q+1/t22?,25-,26+/m1/s1. The number of quaternary nitrogens is 1. The normalized spacial score (nSPS) is 30.6. The molecule has 1 saturated heterocycles. The first-order valence-electron chi connectivity index (χ1n) is 10.7. The van der Waals surface area contributed by atoms with Crippen LogP contribution in [-0.2, 0) is 5.41 Å². The van der Waals surface area contributed by atoms with Gasteiger partial charge in [-0.15, -0.1) is 0 Å². The van der Waals surface area contributed by atoms with Crippen molar-refractivity contribution >= 4 is 5.69 Å². The van der Waals surface area contributed by atoms with Crippen molar-refractivity contribution in [2.75, 3.05) is 26.7 Å². The van der Waals surface area contributed by atoms with Crippen molar-refractivity contribution in [3.8, 4) is 5.75 Å². The summed E-state index contributed by atoms with van der Waals surface area (Å²) < 4.78 is 6.71. The lowest BCUT2D eigenvalue weighted by Gasteiger charge is -2.54. The molecule has 2 aromatic rings. The van der Waals surface area contributed by atoms with Gasteiger partial charge in [0, 0.05) is 17.8 Å². The third-order valence-electron chi connectivity index (χ3n) is 7.59. The molecule has 0 spiro atoms. The van der Waals surface area contributed by atoms with E-state index in [4.69, 9.17) is 4.74 Å². The lowest BCUT2D eigenvalue weighted by molar-refractivity contribution is 0.0619. The van der Waals surface area contributed by atoms with Crippen LogP contribution in [0.15, 0.2) is 48.5 Å². The summed E-state index contributed by atoms with van der Waals surface area (Å²) in [6, 6.07) is 18.3. The first-order chi connectivity index (χ1) is 13.1. The Hall–Kier alpha value is -1.80. The number of rotatable bonds is 4. The topological polar surface area (TPSA) is 9.23 Å². The van der Waals surface area contributed by atoms with Crippen LogP contribution < -0.4 is 9.22 Å². The van der Waals surface area contributed by atoms with Gasteiger partial charge in [-0.25, -0.2) is 0 Å². The fraction of sp³-hybridized carbons (Fsp3) is 0.520. The van der Waals surface area contributed by atoms with Crippen LogP contribution in [0, 0.1) is 12.8 Å². The molecule has 1 unspecified atom stereocenters. The molecule has 0 radical (unpaired) electrons. The molecular formula is C25H34NO+. The molecule has 2 nitrogen and oxygen atoms in total. The lowest BCUT2D eigenvalue weighted by atomic mass is 9.58. The van der Waals surface area contributed by atoms with Gasteiger partial charge in [0.25, 0.3) is 0 Å². The maximum atomic E-state index is 5.56. The molecule has 2 heteroatoms. The van der Waals surface area contributed by atoms with E-state index in [1.807, 2.05) is 0 Å². The van der Waals surface area contributed by atoms with Crippen molar-refractivity contribution in [1.29, 1.82) is 0 Å². The second kappa shape index (κ2) is 7.31. The number of hydrogen-bond acceptors (Lipinski definition) is 1. The molecule has 1 aliphatic heterocycles. The highest BCUT2D eigenvalue weighted by Gasteiger charge is 2.51. The monoisotopic (exact) mass is 364 g/mol. The second-order valence-corrected chi connectivity index (χ2v) is 8.78. The zero-order chi connectivity index (χ0) is 18.9. The first kappa shape index (κ1) is 18.6. The van der Waals surface area contributed by atoms with E-state index in [0.29, 0.717) is 5.41 Å². The molecule has 1 heterocycles. The molecule has 2 aromatic carbocycles. The van der Waals surface area contributed by atoms with Crippen LogP contribution in [0.1, 0.15) is 50.2 Å². The molecule has 3 atom stereocenters. The molecule has 0 amide bonds. The summed E-state index contributed by atoms with van der Waals surface area (Å²) in [7, 11) is 1.78. The van der Waals surface area contributed by atoms with Gasteiger partial charge < -0.3 is 4.74 Å². The number of piperidine rings is 1. The van der Waals surface area contributed by atoms with Gasteiger partial charge in [0.15, 0.2) is 0 Å². The Morgan fingerprint density at radius 3 is 2.63 bits per heavy atom. The number of likely N-dealkylation sites (tertiary alicyclic amines) is 1. The van der Waals surface area contributed by atoms with E-state index in [0.717, 1.165) is 16.2 Å². The van der Waals surface area contributed by atoms with Gasteiger partial charge in [-0.1, -0.05) is 42.7 Å². The van der Waals surface area contributed by atoms with Crippen LogP contribution in [-0.4, -0.2) is 26.7 Å².